The van der Waals surface area contributed by atoms with Crippen LogP contribution in [-0.4, -0.2) is 27.6 Å². The van der Waals surface area contributed by atoms with Crippen LogP contribution >= 0.6 is 0 Å². The molecule has 2 aromatic heterocycles. The molecule has 0 amide bonds. The Kier molecular flexibility index (Phi) is 3.46. The largest absolute Gasteiger partial charge is 0.465 e. The van der Waals surface area contributed by atoms with Crippen molar-refractivity contribution in [2.24, 2.45) is 0 Å². The van der Waals surface area contributed by atoms with Crippen LogP contribution in [0.4, 0.5) is 0 Å². The molecule has 0 unspecified atom stereocenters. The van der Waals surface area contributed by atoms with Gasteiger partial charge in [0.1, 0.15) is 5.65 Å². The number of ether oxygens (including phenoxy) is 1. The number of methoxy groups -OCH3 is 1. The van der Waals surface area contributed by atoms with Gasteiger partial charge in [0.25, 0.3) is 5.56 Å². The summed E-state index contributed by atoms with van der Waals surface area (Å²) in [5.74, 6) is -0.581. The van der Waals surface area contributed by atoms with Crippen LogP contribution in [-0.2, 0) is 11.3 Å². The van der Waals surface area contributed by atoms with E-state index in [4.69, 9.17) is 0 Å². The number of hydrogen-bond donors (Lipinski definition) is 1. The smallest absolute Gasteiger partial charge is 0.339 e. The third-order valence-corrected chi connectivity index (χ3v) is 2.70. The molecule has 2 rings (SSSR count). The Balaban J connectivity index is 2.77. The van der Waals surface area contributed by atoms with Gasteiger partial charge in [0.05, 0.1) is 18.1 Å². The number of aromatic nitrogens is 3. The summed E-state index contributed by atoms with van der Waals surface area (Å²) in [6.07, 6.45) is 2.01. The van der Waals surface area contributed by atoms with Crippen molar-refractivity contribution in [3.63, 3.8) is 0 Å². The molecular formula is C12H13N3O4. The van der Waals surface area contributed by atoms with Crippen molar-refractivity contribution >= 4 is 17.0 Å². The van der Waals surface area contributed by atoms with E-state index < -0.39 is 17.2 Å². The fourth-order valence-electron chi connectivity index (χ4n) is 1.83. The van der Waals surface area contributed by atoms with Crippen molar-refractivity contribution in [3.05, 3.63) is 38.7 Å². The van der Waals surface area contributed by atoms with E-state index >= 15 is 0 Å². The lowest BCUT2D eigenvalue weighted by molar-refractivity contribution is 0.0600. The molecular weight excluding hydrogens is 250 g/mol. The number of rotatable bonds is 3. The van der Waals surface area contributed by atoms with Crippen LogP contribution in [0.15, 0.2) is 21.9 Å². The van der Waals surface area contributed by atoms with E-state index in [9.17, 15) is 14.4 Å². The summed E-state index contributed by atoms with van der Waals surface area (Å²) in [4.78, 5) is 41.1. The van der Waals surface area contributed by atoms with Crippen molar-refractivity contribution in [3.8, 4) is 0 Å². The number of esters is 1. The minimum Gasteiger partial charge on any atom is -0.465 e. The van der Waals surface area contributed by atoms with Gasteiger partial charge in [-0.3, -0.25) is 14.3 Å². The monoisotopic (exact) mass is 263 g/mol. The van der Waals surface area contributed by atoms with Gasteiger partial charge in [0.15, 0.2) is 0 Å². The van der Waals surface area contributed by atoms with E-state index in [2.05, 4.69) is 14.7 Å². The van der Waals surface area contributed by atoms with Crippen molar-refractivity contribution < 1.29 is 9.53 Å². The van der Waals surface area contributed by atoms with Crippen LogP contribution in [0.25, 0.3) is 11.0 Å². The maximum Gasteiger partial charge on any atom is 0.339 e. The molecule has 0 radical (unpaired) electrons. The number of hydrogen-bond acceptors (Lipinski definition) is 5. The average molecular weight is 263 g/mol. The highest BCUT2D eigenvalue weighted by Crippen LogP contribution is 2.09. The molecule has 2 heterocycles. The van der Waals surface area contributed by atoms with E-state index in [-0.39, 0.29) is 16.6 Å². The molecule has 0 saturated heterocycles. The third kappa shape index (κ3) is 2.26. The summed E-state index contributed by atoms with van der Waals surface area (Å²) in [5.41, 5.74) is -0.631. The van der Waals surface area contributed by atoms with Gasteiger partial charge in [0.2, 0.25) is 0 Å². The molecule has 0 bridgehead atoms. The Hall–Kier alpha value is -2.44. The quantitative estimate of drug-likeness (QED) is 0.803. The predicted octanol–water partition coefficient (Wildman–Crippen LogP) is 0.281. The first kappa shape index (κ1) is 13.0. The topological polar surface area (TPSA) is 94.1 Å². The number of aromatic amines is 1. The maximum atomic E-state index is 11.8. The first-order valence-electron chi connectivity index (χ1n) is 5.79. The van der Waals surface area contributed by atoms with Gasteiger partial charge in [-0.1, -0.05) is 6.92 Å². The second-order valence-electron chi connectivity index (χ2n) is 4.00. The van der Waals surface area contributed by atoms with Crippen LogP contribution < -0.4 is 11.2 Å². The number of nitrogens with zero attached hydrogens (tertiary/aromatic N) is 2. The lowest BCUT2D eigenvalue weighted by Crippen LogP contribution is -2.31. The molecule has 2 aromatic rings. The molecule has 0 aliphatic rings. The Morgan fingerprint density at radius 3 is 2.84 bits per heavy atom. The van der Waals surface area contributed by atoms with E-state index in [0.717, 1.165) is 6.42 Å². The number of fused-ring (bicyclic) bond motifs is 1. The number of pyridine rings is 1. The van der Waals surface area contributed by atoms with Gasteiger partial charge in [-0.15, -0.1) is 0 Å². The molecule has 7 nitrogen and oxygen atoms in total. The summed E-state index contributed by atoms with van der Waals surface area (Å²) in [6.45, 7) is 2.35. The van der Waals surface area contributed by atoms with Gasteiger partial charge < -0.3 is 4.74 Å². The minimum absolute atomic E-state index is 0.169. The van der Waals surface area contributed by atoms with Gasteiger partial charge in [-0.05, 0) is 12.5 Å². The van der Waals surface area contributed by atoms with E-state index in [1.54, 1.807) is 0 Å². The highest BCUT2D eigenvalue weighted by molar-refractivity contribution is 5.92. The number of H-pyrrole nitrogens is 1. The van der Waals surface area contributed by atoms with E-state index in [0.29, 0.717) is 6.54 Å². The van der Waals surface area contributed by atoms with Crippen molar-refractivity contribution in [1.29, 1.82) is 0 Å². The predicted molar refractivity (Wildman–Crippen MR) is 68.3 cm³/mol. The third-order valence-electron chi connectivity index (χ3n) is 2.70. The van der Waals surface area contributed by atoms with E-state index in [1.807, 2.05) is 6.92 Å². The van der Waals surface area contributed by atoms with Crippen molar-refractivity contribution in [1.82, 2.24) is 14.5 Å². The summed E-state index contributed by atoms with van der Waals surface area (Å²) in [7, 11) is 1.24. The van der Waals surface area contributed by atoms with Crippen LogP contribution in [0.3, 0.4) is 0 Å². The average Bonchev–Trinajstić information content (AvgIpc) is 2.42. The van der Waals surface area contributed by atoms with Crippen LogP contribution in [0.1, 0.15) is 23.7 Å². The van der Waals surface area contributed by atoms with Gasteiger partial charge in [-0.2, -0.15) is 0 Å². The first-order chi connectivity index (χ1) is 9.08. The van der Waals surface area contributed by atoms with Crippen LogP contribution in [0.2, 0.25) is 0 Å². The Labute approximate surface area is 107 Å². The summed E-state index contributed by atoms with van der Waals surface area (Å²) >= 11 is 0. The molecule has 0 aromatic carbocycles. The zero-order chi connectivity index (χ0) is 14.0. The fraction of sp³-hybridized carbons (Fsp3) is 0.333. The van der Waals surface area contributed by atoms with Crippen LogP contribution in [0, 0.1) is 0 Å². The number of carbonyl (C=O) groups excluding carboxylic acids is 1. The molecule has 0 fully saturated rings. The number of nitrogens with one attached hydrogen (secondary N) is 1. The van der Waals surface area contributed by atoms with Crippen molar-refractivity contribution in [2.75, 3.05) is 7.11 Å². The highest BCUT2D eigenvalue weighted by atomic mass is 16.5. The second kappa shape index (κ2) is 5.05. The van der Waals surface area contributed by atoms with Crippen molar-refractivity contribution in [2.45, 2.75) is 19.9 Å². The molecule has 19 heavy (non-hydrogen) atoms. The molecule has 0 aliphatic heterocycles. The fourth-order valence-corrected chi connectivity index (χ4v) is 1.83. The normalized spacial score (nSPS) is 10.6. The number of carbonyl (C=O) groups is 1. The zero-order valence-corrected chi connectivity index (χ0v) is 10.6. The molecule has 0 saturated carbocycles. The zero-order valence-electron chi connectivity index (χ0n) is 10.6. The summed E-state index contributed by atoms with van der Waals surface area (Å²) in [6, 6.07) is 1.37. The highest BCUT2D eigenvalue weighted by Gasteiger charge is 2.12. The lowest BCUT2D eigenvalue weighted by Gasteiger charge is -2.07. The molecule has 1 N–H and O–H groups in total. The first-order valence-corrected chi connectivity index (χ1v) is 5.79. The van der Waals surface area contributed by atoms with Gasteiger partial charge in [-0.25, -0.2) is 14.6 Å². The molecule has 0 spiro atoms. The van der Waals surface area contributed by atoms with E-state index in [1.165, 1.54) is 23.9 Å². The Morgan fingerprint density at radius 1 is 1.47 bits per heavy atom. The summed E-state index contributed by atoms with van der Waals surface area (Å²) < 4.78 is 5.94. The molecule has 7 heteroatoms. The van der Waals surface area contributed by atoms with Gasteiger partial charge >= 0.3 is 11.7 Å². The minimum atomic E-state index is -0.581. The van der Waals surface area contributed by atoms with Gasteiger partial charge in [0, 0.05) is 12.7 Å². The Morgan fingerprint density at radius 2 is 2.21 bits per heavy atom. The SMILES string of the molecule is CCCn1c(=O)[nH]c(=O)c2cc(C(=O)OC)cnc21. The summed E-state index contributed by atoms with van der Waals surface area (Å²) in [5, 5.41) is 0.191. The maximum absolute atomic E-state index is 11.8. The Bertz CT molecular complexity index is 745. The second-order valence-corrected chi connectivity index (χ2v) is 4.00. The number of aryl methyl sites for hydroxylation is 1. The van der Waals surface area contributed by atoms with Crippen LogP contribution in [0.5, 0.6) is 0 Å². The molecule has 0 aliphatic carbocycles. The molecule has 0 atom stereocenters. The standard InChI is InChI=1S/C12H13N3O4/c1-3-4-15-9-8(10(16)14-12(15)18)5-7(6-13-9)11(17)19-2/h5-6H,3-4H2,1-2H3,(H,14,16,18). The molecule has 100 valence electrons. The lowest BCUT2D eigenvalue weighted by atomic mass is 10.2.